The number of nitrogens with one attached hydrogen (secondary N) is 2. The summed E-state index contributed by atoms with van der Waals surface area (Å²) in [6.07, 6.45) is 0. The smallest absolute Gasteiger partial charge is 0.321 e. The van der Waals surface area contributed by atoms with E-state index in [1.165, 1.54) is 12.1 Å². The van der Waals surface area contributed by atoms with Crippen LogP contribution in [-0.4, -0.2) is 27.5 Å². The van der Waals surface area contributed by atoms with Crippen molar-refractivity contribution in [1.29, 1.82) is 0 Å². The van der Waals surface area contributed by atoms with Gasteiger partial charge in [-0.05, 0) is 30.3 Å². The Bertz CT molecular complexity index is 791. The number of amides is 2. The maximum atomic E-state index is 12.3. The Morgan fingerprint density at radius 3 is 2.50 bits per heavy atom. The van der Waals surface area contributed by atoms with E-state index < -0.39 is 10.0 Å². The lowest BCUT2D eigenvalue weighted by Crippen LogP contribution is -2.27. The van der Waals surface area contributed by atoms with Crippen molar-refractivity contribution >= 4 is 27.4 Å². The Kier molecular flexibility index (Phi) is 3.72. The lowest BCUT2D eigenvalue weighted by molar-refractivity contribution is 0.252. The molecule has 7 heteroatoms. The number of sulfonamides is 1. The molecule has 1 heterocycles. The quantitative estimate of drug-likeness (QED) is 0.905. The second-order valence-electron chi connectivity index (χ2n) is 4.85. The van der Waals surface area contributed by atoms with Crippen LogP contribution in [0.4, 0.5) is 16.2 Å². The lowest BCUT2D eigenvalue weighted by Gasteiger charge is -2.16. The fourth-order valence-electron chi connectivity index (χ4n) is 2.27. The summed E-state index contributed by atoms with van der Waals surface area (Å²) in [6.45, 7) is 1.15. The van der Waals surface area contributed by atoms with E-state index in [1.807, 2.05) is 0 Å². The number of anilines is 2. The van der Waals surface area contributed by atoms with Crippen LogP contribution in [0.3, 0.4) is 0 Å². The molecule has 0 spiro atoms. The van der Waals surface area contributed by atoms with Crippen molar-refractivity contribution in [1.82, 2.24) is 5.32 Å². The zero-order valence-corrected chi connectivity index (χ0v) is 12.5. The standard InChI is InChI=1S/C15H15N3O3S/c19-15-16-9-10-18(15)13-6-4-5-12(11-13)17-22(20,21)14-7-2-1-3-8-14/h1-8,11,17H,9-10H2,(H,16,19). The summed E-state index contributed by atoms with van der Waals surface area (Å²) in [4.78, 5) is 13.4. The molecular weight excluding hydrogens is 302 g/mol. The van der Waals surface area contributed by atoms with Crippen molar-refractivity contribution in [3.8, 4) is 0 Å². The highest BCUT2D eigenvalue weighted by Crippen LogP contribution is 2.23. The number of hydrogen-bond acceptors (Lipinski definition) is 3. The number of hydrogen-bond donors (Lipinski definition) is 2. The molecule has 1 fully saturated rings. The number of urea groups is 1. The number of carbonyl (C=O) groups is 1. The van der Waals surface area contributed by atoms with Gasteiger partial charge in [0.15, 0.2) is 0 Å². The van der Waals surface area contributed by atoms with Gasteiger partial charge in [0.2, 0.25) is 0 Å². The Hall–Kier alpha value is -2.54. The van der Waals surface area contributed by atoms with Gasteiger partial charge in [-0.3, -0.25) is 9.62 Å². The van der Waals surface area contributed by atoms with Gasteiger partial charge in [0.1, 0.15) is 0 Å². The van der Waals surface area contributed by atoms with Crippen molar-refractivity contribution in [2.75, 3.05) is 22.7 Å². The molecule has 2 aromatic rings. The molecule has 0 radical (unpaired) electrons. The van der Waals surface area contributed by atoms with Gasteiger partial charge in [0.05, 0.1) is 10.6 Å². The summed E-state index contributed by atoms with van der Waals surface area (Å²) in [5.74, 6) is 0. The van der Waals surface area contributed by atoms with E-state index in [4.69, 9.17) is 0 Å². The van der Waals surface area contributed by atoms with Crippen molar-refractivity contribution in [3.63, 3.8) is 0 Å². The molecule has 1 saturated heterocycles. The van der Waals surface area contributed by atoms with Gasteiger partial charge in [-0.25, -0.2) is 13.2 Å². The first kappa shape index (κ1) is 14.4. The van der Waals surface area contributed by atoms with Crippen LogP contribution in [0, 0.1) is 0 Å². The molecule has 0 aliphatic carbocycles. The lowest BCUT2D eigenvalue weighted by atomic mass is 10.2. The molecule has 1 aliphatic rings. The van der Waals surface area contributed by atoms with Crippen LogP contribution in [0.15, 0.2) is 59.5 Å². The van der Waals surface area contributed by atoms with Crippen molar-refractivity contribution in [2.45, 2.75) is 4.90 Å². The Morgan fingerprint density at radius 2 is 1.82 bits per heavy atom. The first-order valence-corrected chi connectivity index (χ1v) is 8.28. The molecule has 1 aliphatic heterocycles. The minimum Gasteiger partial charge on any atom is -0.336 e. The van der Waals surface area contributed by atoms with E-state index in [2.05, 4.69) is 10.0 Å². The number of benzene rings is 2. The fourth-order valence-corrected chi connectivity index (χ4v) is 3.34. The van der Waals surface area contributed by atoms with Gasteiger partial charge in [0, 0.05) is 18.8 Å². The van der Waals surface area contributed by atoms with E-state index in [0.29, 0.717) is 24.5 Å². The molecule has 2 amide bonds. The summed E-state index contributed by atoms with van der Waals surface area (Å²) < 4.78 is 27.1. The van der Waals surface area contributed by atoms with Crippen LogP contribution in [0.5, 0.6) is 0 Å². The molecule has 0 unspecified atom stereocenters. The van der Waals surface area contributed by atoms with Crippen LogP contribution in [0.2, 0.25) is 0 Å². The summed E-state index contributed by atoms with van der Waals surface area (Å²) in [5, 5.41) is 2.71. The van der Waals surface area contributed by atoms with Crippen LogP contribution in [0.25, 0.3) is 0 Å². The maximum absolute atomic E-state index is 12.3. The largest absolute Gasteiger partial charge is 0.336 e. The highest BCUT2D eigenvalue weighted by molar-refractivity contribution is 7.92. The second-order valence-corrected chi connectivity index (χ2v) is 6.53. The van der Waals surface area contributed by atoms with Gasteiger partial charge >= 0.3 is 6.03 Å². The van der Waals surface area contributed by atoms with Crippen LogP contribution >= 0.6 is 0 Å². The molecule has 114 valence electrons. The molecular formula is C15H15N3O3S. The first-order valence-electron chi connectivity index (χ1n) is 6.79. The molecule has 3 rings (SSSR count). The molecule has 0 aromatic heterocycles. The normalized spacial score (nSPS) is 14.7. The number of carbonyl (C=O) groups excluding carboxylic acids is 1. The third kappa shape index (κ3) is 2.89. The molecule has 2 N–H and O–H groups in total. The Labute approximate surface area is 128 Å². The zero-order chi connectivity index (χ0) is 15.6. The number of rotatable bonds is 4. The average molecular weight is 317 g/mol. The van der Waals surface area contributed by atoms with Crippen LogP contribution in [-0.2, 0) is 10.0 Å². The van der Waals surface area contributed by atoms with Crippen molar-refractivity contribution < 1.29 is 13.2 Å². The maximum Gasteiger partial charge on any atom is 0.321 e. The van der Waals surface area contributed by atoms with Crippen LogP contribution in [0.1, 0.15) is 0 Å². The monoisotopic (exact) mass is 317 g/mol. The predicted molar refractivity (Wildman–Crippen MR) is 84.4 cm³/mol. The van der Waals surface area contributed by atoms with Crippen molar-refractivity contribution in [2.24, 2.45) is 0 Å². The molecule has 0 atom stereocenters. The molecule has 6 nitrogen and oxygen atoms in total. The van der Waals surface area contributed by atoms with E-state index >= 15 is 0 Å². The van der Waals surface area contributed by atoms with Gasteiger partial charge in [0.25, 0.3) is 10.0 Å². The average Bonchev–Trinajstić information content (AvgIpc) is 2.94. The third-order valence-electron chi connectivity index (χ3n) is 3.32. The summed E-state index contributed by atoms with van der Waals surface area (Å²) in [7, 11) is -3.64. The van der Waals surface area contributed by atoms with E-state index in [0.717, 1.165) is 0 Å². The van der Waals surface area contributed by atoms with Gasteiger partial charge < -0.3 is 5.32 Å². The number of nitrogens with zero attached hydrogens (tertiary/aromatic N) is 1. The molecule has 0 bridgehead atoms. The first-order chi connectivity index (χ1) is 10.6. The van der Waals surface area contributed by atoms with E-state index in [9.17, 15) is 13.2 Å². The minimum atomic E-state index is -3.64. The highest BCUT2D eigenvalue weighted by Gasteiger charge is 2.21. The zero-order valence-electron chi connectivity index (χ0n) is 11.7. The van der Waals surface area contributed by atoms with E-state index in [1.54, 1.807) is 47.4 Å². The van der Waals surface area contributed by atoms with Gasteiger partial charge in [-0.15, -0.1) is 0 Å². The van der Waals surface area contributed by atoms with Gasteiger partial charge in [-0.1, -0.05) is 24.3 Å². The summed E-state index contributed by atoms with van der Waals surface area (Å²) in [5.41, 5.74) is 1.07. The highest BCUT2D eigenvalue weighted by atomic mass is 32.2. The van der Waals surface area contributed by atoms with Crippen molar-refractivity contribution in [3.05, 3.63) is 54.6 Å². The summed E-state index contributed by atoms with van der Waals surface area (Å²) in [6, 6.07) is 14.7. The predicted octanol–water partition coefficient (Wildman–Crippen LogP) is 2.02. The minimum absolute atomic E-state index is 0.178. The van der Waals surface area contributed by atoms with E-state index in [-0.39, 0.29) is 10.9 Å². The topological polar surface area (TPSA) is 78.5 Å². The molecule has 2 aromatic carbocycles. The SMILES string of the molecule is O=C1NCCN1c1cccc(NS(=O)(=O)c2ccccc2)c1. The molecule has 22 heavy (non-hydrogen) atoms. The van der Waals surface area contributed by atoms with Gasteiger partial charge in [-0.2, -0.15) is 0 Å². The Balaban J connectivity index is 1.86. The summed E-state index contributed by atoms with van der Waals surface area (Å²) >= 11 is 0. The fraction of sp³-hybridized carbons (Fsp3) is 0.133. The second kappa shape index (κ2) is 5.69. The third-order valence-corrected chi connectivity index (χ3v) is 4.72. The molecule has 0 saturated carbocycles. The van der Waals surface area contributed by atoms with Crippen LogP contribution < -0.4 is 14.9 Å². The Morgan fingerprint density at radius 1 is 1.05 bits per heavy atom.